The summed E-state index contributed by atoms with van der Waals surface area (Å²) >= 11 is 0. The largest absolute Gasteiger partial charge is 0.266 e. The SMILES string of the molecule is CC1=CN=C(C)CC1CC1=NC=C(CC(C)(C)C)C1.CCC(C)(C)C. The molecule has 0 N–H and O–H groups in total. The van der Waals surface area contributed by atoms with E-state index in [0.29, 0.717) is 16.7 Å². The lowest BCUT2D eigenvalue weighted by Gasteiger charge is -2.21. The van der Waals surface area contributed by atoms with Crippen molar-refractivity contribution in [1.82, 2.24) is 0 Å². The fourth-order valence-corrected chi connectivity index (χ4v) is 2.86. The number of aliphatic imine (C=N–C) groups is 2. The first kappa shape index (κ1) is 21.9. The van der Waals surface area contributed by atoms with Crippen LogP contribution in [-0.4, -0.2) is 11.4 Å². The second-order valence-corrected chi connectivity index (χ2v) is 10.2. The van der Waals surface area contributed by atoms with Gasteiger partial charge in [0.2, 0.25) is 0 Å². The molecule has 2 rings (SSSR count). The molecule has 0 radical (unpaired) electrons. The molecule has 0 aliphatic carbocycles. The Morgan fingerprint density at radius 2 is 1.56 bits per heavy atom. The van der Waals surface area contributed by atoms with Crippen LogP contribution in [0.25, 0.3) is 0 Å². The molecule has 2 nitrogen and oxygen atoms in total. The van der Waals surface area contributed by atoms with E-state index in [1.54, 1.807) is 0 Å². The third kappa shape index (κ3) is 9.18. The summed E-state index contributed by atoms with van der Waals surface area (Å²) in [6, 6.07) is 0. The Morgan fingerprint density at radius 3 is 2.08 bits per heavy atom. The molecule has 142 valence electrons. The molecule has 2 aliphatic rings. The first-order valence-electron chi connectivity index (χ1n) is 9.83. The number of rotatable bonds is 3. The van der Waals surface area contributed by atoms with Crippen LogP contribution in [-0.2, 0) is 0 Å². The van der Waals surface area contributed by atoms with Gasteiger partial charge in [0.25, 0.3) is 0 Å². The summed E-state index contributed by atoms with van der Waals surface area (Å²) in [6.07, 6.45) is 9.82. The molecule has 0 aromatic heterocycles. The van der Waals surface area contributed by atoms with Crippen LogP contribution in [0.2, 0.25) is 0 Å². The maximum Gasteiger partial charge on any atom is 0.0263 e. The average Bonchev–Trinajstić information content (AvgIpc) is 2.88. The van der Waals surface area contributed by atoms with Crippen molar-refractivity contribution in [2.45, 2.75) is 94.4 Å². The van der Waals surface area contributed by atoms with Crippen molar-refractivity contribution in [3.05, 3.63) is 23.5 Å². The van der Waals surface area contributed by atoms with Gasteiger partial charge in [-0.1, -0.05) is 60.5 Å². The highest BCUT2D eigenvalue weighted by molar-refractivity contribution is 5.91. The smallest absolute Gasteiger partial charge is 0.0263 e. The van der Waals surface area contributed by atoms with Crippen LogP contribution < -0.4 is 0 Å². The lowest BCUT2D eigenvalue weighted by atomic mass is 9.84. The molecule has 0 aromatic rings. The van der Waals surface area contributed by atoms with Gasteiger partial charge in [0.15, 0.2) is 0 Å². The molecule has 0 saturated carbocycles. The predicted molar refractivity (Wildman–Crippen MR) is 114 cm³/mol. The van der Waals surface area contributed by atoms with Crippen LogP contribution in [0, 0.1) is 16.7 Å². The van der Waals surface area contributed by atoms with Crippen molar-refractivity contribution in [3.8, 4) is 0 Å². The van der Waals surface area contributed by atoms with Crippen LogP contribution >= 0.6 is 0 Å². The highest BCUT2D eigenvalue weighted by Gasteiger charge is 2.22. The first-order valence-corrected chi connectivity index (χ1v) is 9.83. The van der Waals surface area contributed by atoms with E-state index in [1.165, 1.54) is 29.0 Å². The van der Waals surface area contributed by atoms with E-state index in [1.807, 2.05) is 6.20 Å². The van der Waals surface area contributed by atoms with Crippen LogP contribution in [0.15, 0.2) is 33.5 Å². The van der Waals surface area contributed by atoms with Crippen molar-refractivity contribution in [1.29, 1.82) is 0 Å². The molecule has 0 fully saturated rings. The van der Waals surface area contributed by atoms with Crippen LogP contribution in [0.3, 0.4) is 0 Å². The van der Waals surface area contributed by atoms with Crippen LogP contribution in [0.5, 0.6) is 0 Å². The monoisotopic (exact) mass is 344 g/mol. The maximum absolute atomic E-state index is 4.64. The standard InChI is InChI=1S/C17H26N2.C6H14/c1-12-10-18-13(2)6-15(12)8-16-7-14(11-19-16)9-17(3,4)5;1-5-6(2,3)4/h10-11,15H,6-9H2,1-5H3;5H2,1-4H3. The fraction of sp³-hybridized carbons (Fsp3) is 0.739. The van der Waals surface area contributed by atoms with Crippen molar-refractivity contribution >= 4 is 11.4 Å². The maximum atomic E-state index is 4.64. The van der Waals surface area contributed by atoms with E-state index in [-0.39, 0.29) is 0 Å². The van der Waals surface area contributed by atoms with Gasteiger partial charge in [-0.2, -0.15) is 0 Å². The molecule has 1 unspecified atom stereocenters. The summed E-state index contributed by atoms with van der Waals surface area (Å²) in [6.45, 7) is 20.1. The van der Waals surface area contributed by atoms with Crippen molar-refractivity contribution in [3.63, 3.8) is 0 Å². The summed E-state index contributed by atoms with van der Waals surface area (Å²) in [4.78, 5) is 9.04. The van der Waals surface area contributed by atoms with E-state index in [2.05, 4.69) is 78.5 Å². The predicted octanol–water partition coefficient (Wildman–Crippen LogP) is 7.37. The summed E-state index contributed by atoms with van der Waals surface area (Å²) < 4.78 is 0. The van der Waals surface area contributed by atoms with Gasteiger partial charge >= 0.3 is 0 Å². The normalized spacial score (nSPS) is 20.9. The minimum Gasteiger partial charge on any atom is -0.266 e. The molecule has 0 saturated heterocycles. The van der Waals surface area contributed by atoms with E-state index < -0.39 is 0 Å². The molecule has 0 amide bonds. The van der Waals surface area contributed by atoms with Crippen LogP contribution in [0.4, 0.5) is 0 Å². The van der Waals surface area contributed by atoms with Gasteiger partial charge in [-0.15, -0.1) is 0 Å². The van der Waals surface area contributed by atoms with Gasteiger partial charge in [0.1, 0.15) is 0 Å². The summed E-state index contributed by atoms with van der Waals surface area (Å²) in [5.74, 6) is 0.610. The van der Waals surface area contributed by atoms with Crippen molar-refractivity contribution in [2.24, 2.45) is 26.7 Å². The first-order chi connectivity index (χ1) is 11.4. The Balaban J connectivity index is 0.000000450. The van der Waals surface area contributed by atoms with Gasteiger partial charge in [-0.25, -0.2) is 0 Å². The van der Waals surface area contributed by atoms with E-state index in [9.17, 15) is 0 Å². The molecular formula is C23H40N2. The molecule has 1 atom stereocenters. The molecule has 0 aromatic carbocycles. The van der Waals surface area contributed by atoms with E-state index in [4.69, 9.17) is 0 Å². The Bertz CT molecular complexity index is 560. The number of allylic oxidation sites excluding steroid dienone is 2. The zero-order valence-electron chi connectivity index (χ0n) is 18.2. The van der Waals surface area contributed by atoms with Gasteiger partial charge in [-0.3, -0.25) is 9.98 Å². The summed E-state index contributed by atoms with van der Waals surface area (Å²) in [5.41, 5.74) is 6.40. The van der Waals surface area contributed by atoms with Gasteiger partial charge in [0, 0.05) is 30.2 Å². The Hall–Kier alpha value is -1.18. The van der Waals surface area contributed by atoms with Gasteiger partial charge in [-0.05, 0) is 55.4 Å². The third-order valence-corrected chi connectivity index (χ3v) is 4.84. The summed E-state index contributed by atoms with van der Waals surface area (Å²) in [7, 11) is 0. The van der Waals surface area contributed by atoms with Gasteiger partial charge < -0.3 is 0 Å². The Kier molecular flexibility index (Phi) is 7.84. The topological polar surface area (TPSA) is 24.7 Å². The lowest BCUT2D eigenvalue weighted by molar-refractivity contribution is 0.398. The molecule has 0 bridgehead atoms. The fourth-order valence-electron chi connectivity index (χ4n) is 2.86. The highest BCUT2D eigenvalue weighted by atomic mass is 14.8. The second kappa shape index (κ2) is 8.96. The summed E-state index contributed by atoms with van der Waals surface area (Å²) in [5, 5.41) is 0. The number of nitrogens with zero attached hydrogens (tertiary/aromatic N) is 2. The molecule has 2 heteroatoms. The Labute approximate surface area is 156 Å². The molecule has 25 heavy (non-hydrogen) atoms. The minimum absolute atomic E-state index is 0.362. The molecule has 0 spiro atoms. The third-order valence-electron chi connectivity index (χ3n) is 4.84. The zero-order valence-corrected chi connectivity index (χ0v) is 18.2. The zero-order chi connectivity index (χ0) is 19.3. The second-order valence-electron chi connectivity index (χ2n) is 10.2. The lowest BCUT2D eigenvalue weighted by Crippen LogP contribution is -2.15. The minimum atomic E-state index is 0.362. The molecule has 2 heterocycles. The average molecular weight is 345 g/mol. The molecular weight excluding hydrogens is 304 g/mol. The number of hydrogen-bond acceptors (Lipinski definition) is 2. The number of hydrogen-bond donors (Lipinski definition) is 0. The van der Waals surface area contributed by atoms with E-state index in [0.717, 1.165) is 25.7 Å². The van der Waals surface area contributed by atoms with Gasteiger partial charge in [0.05, 0.1) is 0 Å². The quantitative estimate of drug-likeness (QED) is 0.510. The highest BCUT2D eigenvalue weighted by Crippen LogP contribution is 2.31. The van der Waals surface area contributed by atoms with E-state index >= 15 is 0 Å². The molecule has 2 aliphatic heterocycles. The van der Waals surface area contributed by atoms with Crippen molar-refractivity contribution < 1.29 is 0 Å². The Morgan fingerprint density at radius 1 is 0.960 bits per heavy atom. The van der Waals surface area contributed by atoms with Crippen molar-refractivity contribution in [2.75, 3.05) is 0 Å². The van der Waals surface area contributed by atoms with Crippen LogP contribution in [0.1, 0.15) is 94.4 Å².